The minimum Gasteiger partial charge on any atom is -0.464 e. The van der Waals surface area contributed by atoms with Crippen LogP contribution in [-0.2, 0) is 20.7 Å². The molecule has 1 amide bonds. The molecule has 0 unspecified atom stereocenters. The van der Waals surface area contributed by atoms with Crippen LogP contribution in [0.4, 0.5) is 0 Å². The monoisotopic (exact) mass is 361 g/mol. The fraction of sp³-hybridized carbons (Fsp3) is 0.600. The Morgan fingerprint density at radius 2 is 1.88 bits per heavy atom. The average molecular weight is 362 g/mol. The van der Waals surface area contributed by atoms with Crippen molar-refractivity contribution in [1.82, 2.24) is 4.90 Å². The molecule has 0 aromatic heterocycles. The number of nitrogens with zero attached hydrogens (tertiary/aromatic N) is 1. The van der Waals surface area contributed by atoms with Gasteiger partial charge in [-0.25, -0.2) is 4.79 Å². The molecule has 2 atom stereocenters. The lowest BCUT2D eigenvalue weighted by atomic mass is 9.88. The molecule has 1 saturated carbocycles. The SMILES string of the molecule is CCOC(=O)[C@H]1CS[C@@H](C2CCCCC2)N1C(=O)Cc1ccccc1. The van der Waals surface area contributed by atoms with Gasteiger partial charge in [0.05, 0.1) is 18.4 Å². The highest BCUT2D eigenvalue weighted by Gasteiger charge is 2.45. The smallest absolute Gasteiger partial charge is 0.329 e. The van der Waals surface area contributed by atoms with Crippen LogP contribution in [0.15, 0.2) is 30.3 Å². The van der Waals surface area contributed by atoms with Gasteiger partial charge in [-0.15, -0.1) is 11.8 Å². The second-order valence-corrected chi connectivity index (χ2v) is 8.00. The van der Waals surface area contributed by atoms with Crippen molar-refractivity contribution in [3.63, 3.8) is 0 Å². The number of thioether (sulfide) groups is 1. The van der Waals surface area contributed by atoms with Crippen LogP contribution < -0.4 is 0 Å². The number of benzene rings is 1. The van der Waals surface area contributed by atoms with E-state index in [1.54, 1.807) is 11.8 Å². The van der Waals surface area contributed by atoms with Gasteiger partial charge < -0.3 is 9.64 Å². The van der Waals surface area contributed by atoms with E-state index in [4.69, 9.17) is 4.74 Å². The summed E-state index contributed by atoms with van der Waals surface area (Å²) in [5.41, 5.74) is 0.995. The Balaban J connectivity index is 1.78. The summed E-state index contributed by atoms with van der Waals surface area (Å²) < 4.78 is 5.25. The number of ether oxygens (including phenoxy) is 1. The third-order valence-corrected chi connectivity index (χ3v) is 6.59. The second-order valence-electron chi connectivity index (χ2n) is 6.85. The van der Waals surface area contributed by atoms with E-state index in [1.165, 1.54) is 19.3 Å². The highest BCUT2D eigenvalue weighted by atomic mass is 32.2. The molecule has 1 aromatic rings. The van der Waals surface area contributed by atoms with Crippen LogP contribution >= 0.6 is 11.8 Å². The van der Waals surface area contributed by atoms with Crippen LogP contribution in [0.5, 0.6) is 0 Å². The van der Waals surface area contributed by atoms with Crippen LogP contribution in [0.2, 0.25) is 0 Å². The summed E-state index contributed by atoms with van der Waals surface area (Å²) in [6.45, 7) is 2.17. The summed E-state index contributed by atoms with van der Waals surface area (Å²) in [5.74, 6) is 0.943. The van der Waals surface area contributed by atoms with Crippen molar-refractivity contribution in [2.75, 3.05) is 12.4 Å². The molecule has 2 aliphatic rings. The summed E-state index contributed by atoms with van der Waals surface area (Å²) in [6, 6.07) is 9.34. The van der Waals surface area contributed by atoms with E-state index in [9.17, 15) is 9.59 Å². The zero-order valence-electron chi connectivity index (χ0n) is 14.9. The van der Waals surface area contributed by atoms with Crippen LogP contribution in [0, 0.1) is 5.92 Å². The Morgan fingerprint density at radius 3 is 2.56 bits per heavy atom. The fourth-order valence-electron chi connectivity index (χ4n) is 3.91. The number of esters is 1. The van der Waals surface area contributed by atoms with Gasteiger partial charge in [-0.2, -0.15) is 0 Å². The zero-order chi connectivity index (χ0) is 17.6. The quantitative estimate of drug-likeness (QED) is 0.751. The zero-order valence-corrected chi connectivity index (χ0v) is 15.7. The summed E-state index contributed by atoms with van der Waals surface area (Å²) >= 11 is 1.76. The summed E-state index contributed by atoms with van der Waals surface area (Å²) in [7, 11) is 0. The van der Waals surface area contributed by atoms with E-state index < -0.39 is 6.04 Å². The molecule has 0 radical (unpaired) electrons. The predicted octanol–water partition coefficient (Wildman–Crippen LogP) is 3.64. The van der Waals surface area contributed by atoms with Crippen molar-refractivity contribution in [2.24, 2.45) is 5.92 Å². The molecule has 25 heavy (non-hydrogen) atoms. The van der Waals surface area contributed by atoms with Gasteiger partial charge in [-0.05, 0) is 31.2 Å². The molecule has 2 fully saturated rings. The second kappa shape index (κ2) is 8.75. The summed E-state index contributed by atoms with van der Waals surface area (Å²) in [5, 5.41) is 0.117. The molecule has 0 bridgehead atoms. The van der Waals surface area contributed by atoms with Gasteiger partial charge in [-0.3, -0.25) is 4.79 Å². The lowest BCUT2D eigenvalue weighted by molar-refractivity contribution is -0.154. The topological polar surface area (TPSA) is 46.6 Å². The lowest BCUT2D eigenvalue weighted by Gasteiger charge is -2.35. The maximum Gasteiger partial charge on any atom is 0.329 e. The van der Waals surface area contributed by atoms with Gasteiger partial charge in [0.1, 0.15) is 6.04 Å². The highest BCUT2D eigenvalue weighted by molar-refractivity contribution is 8.00. The van der Waals surface area contributed by atoms with Crippen LogP contribution in [0.25, 0.3) is 0 Å². The van der Waals surface area contributed by atoms with Crippen molar-refractivity contribution >= 4 is 23.6 Å². The number of rotatable bonds is 5. The normalized spacial score (nSPS) is 24.3. The third-order valence-electron chi connectivity index (χ3n) is 5.13. The number of amides is 1. The Morgan fingerprint density at radius 1 is 1.16 bits per heavy atom. The largest absolute Gasteiger partial charge is 0.464 e. The molecule has 5 heteroatoms. The molecule has 0 spiro atoms. The predicted molar refractivity (Wildman–Crippen MR) is 100 cm³/mol. The van der Waals surface area contributed by atoms with Crippen LogP contribution in [0.3, 0.4) is 0 Å². The molecule has 1 aromatic carbocycles. The van der Waals surface area contributed by atoms with Gasteiger partial charge >= 0.3 is 5.97 Å². The summed E-state index contributed by atoms with van der Waals surface area (Å²) in [6.07, 6.45) is 6.40. The standard InChI is InChI=1S/C20H27NO3S/c1-2-24-20(23)17-14-25-19(16-11-7-4-8-12-16)21(17)18(22)13-15-9-5-3-6-10-15/h3,5-6,9-10,16-17,19H,2,4,7-8,11-14H2,1H3/t17-,19+/m1/s1. The first-order valence-corrected chi connectivity index (χ1v) is 10.4. The molecule has 1 aliphatic carbocycles. The molecule has 1 aliphatic heterocycles. The number of hydrogen-bond acceptors (Lipinski definition) is 4. The molecular formula is C20H27NO3S. The summed E-state index contributed by atoms with van der Waals surface area (Å²) in [4.78, 5) is 27.4. The maximum atomic E-state index is 13.1. The highest BCUT2D eigenvalue weighted by Crippen LogP contribution is 2.41. The number of carbonyl (C=O) groups excluding carboxylic acids is 2. The Labute approximate surface area is 154 Å². The molecule has 1 heterocycles. The van der Waals surface area contributed by atoms with Crippen molar-refractivity contribution in [1.29, 1.82) is 0 Å². The first-order valence-electron chi connectivity index (χ1n) is 9.34. The van der Waals surface area contributed by atoms with Crippen LogP contribution in [0.1, 0.15) is 44.6 Å². The van der Waals surface area contributed by atoms with Gasteiger partial charge in [0.15, 0.2) is 0 Å². The van der Waals surface area contributed by atoms with E-state index in [0.29, 0.717) is 24.7 Å². The van der Waals surface area contributed by atoms with E-state index in [2.05, 4.69) is 0 Å². The minimum atomic E-state index is -0.437. The van der Waals surface area contributed by atoms with Gasteiger partial charge in [-0.1, -0.05) is 49.6 Å². The first-order chi connectivity index (χ1) is 12.2. The van der Waals surface area contributed by atoms with Crippen molar-refractivity contribution < 1.29 is 14.3 Å². The third kappa shape index (κ3) is 4.38. The van der Waals surface area contributed by atoms with Crippen molar-refractivity contribution in [2.45, 2.75) is 56.9 Å². The van der Waals surface area contributed by atoms with E-state index in [1.807, 2.05) is 42.2 Å². The minimum absolute atomic E-state index is 0.0461. The van der Waals surface area contributed by atoms with E-state index in [-0.39, 0.29) is 17.3 Å². The van der Waals surface area contributed by atoms with Crippen LogP contribution in [-0.4, -0.2) is 40.6 Å². The number of carbonyl (C=O) groups is 2. The molecule has 4 nitrogen and oxygen atoms in total. The average Bonchev–Trinajstić information content (AvgIpc) is 3.09. The Hall–Kier alpha value is -1.49. The van der Waals surface area contributed by atoms with Gasteiger partial charge in [0.25, 0.3) is 0 Å². The van der Waals surface area contributed by atoms with Gasteiger partial charge in [0, 0.05) is 5.75 Å². The van der Waals surface area contributed by atoms with E-state index in [0.717, 1.165) is 18.4 Å². The first kappa shape index (κ1) is 18.3. The molecule has 3 rings (SSSR count). The molecule has 136 valence electrons. The Kier molecular flexibility index (Phi) is 6.40. The fourth-order valence-corrected chi connectivity index (χ4v) is 5.55. The molecule has 1 saturated heterocycles. The van der Waals surface area contributed by atoms with E-state index >= 15 is 0 Å². The molecule has 0 N–H and O–H groups in total. The van der Waals surface area contributed by atoms with Crippen molar-refractivity contribution in [3.8, 4) is 0 Å². The maximum absolute atomic E-state index is 13.1. The van der Waals surface area contributed by atoms with Crippen molar-refractivity contribution in [3.05, 3.63) is 35.9 Å². The lowest BCUT2D eigenvalue weighted by Crippen LogP contribution is -2.49. The number of hydrogen-bond donors (Lipinski definition) is 0. The van der Waals surface area contributed by atoms with Gasteiger partial charge in [0.2, 0.25) is 5.91 Å². The molecular weight excluding hydrogens is 334 g/mol. The Bertz CT molecular complexity index is 586.